The van der Waals surface area contributed by atoms with Gasteiger partial charge in [0.05, 0.1) is 17.4 Å². The van der Waals surface area contributed by atoms with Crippen molar-refractivity contribution >= 4 is 75.2 Å². The van der Waals surface area contributed by atoms with E-state index >= 15 is 0 Å². The number of nitrogens with two attached hydrogens (primary N) is 2. The number of nitrogen functional groups attached to an aromatic ring is 1. The van der Waals surface area contributed by atoms with Gasteiger partial charge < -0.3 is 36.8 Å². The number of urea groups is 1. The average molecular weight is 717 g/mol. The Kier molecular flexibility index (Phi) is 8.83. The molecule has 48 heavy (non-hydrogen) atoms. The van der Waals surface area contributed by atoms with Crippen LogP contribution >= 0.6 is 34.9 Å². The van der Waals surface area contributed by atoms with Gasteiger partial charge in [0, 0.05) is 22.6 Å². The Hall–Kier alpha value is -5.39. The molecular weight excluding hydrogens is 693 g/mol. The number of nitrogens with zero attached hydrogens (tertiary/aromatic N) is 7. The normalized spacial score (nSPS) is 20.4. The summed E-state index contributed by atoms with van der Waals surface area (Å²) in [6.45, 7) is 1.38. The van der Waals surface area contributed by atoms with Crippen molar-refractivity contribution in [2.45, 2.75) is 24.9 Å². The van der Waals surface area contributed by atoms with Gasteiger partial charge in [-0.05, 0) is 18.6 Å². The van der Waals surface area contributed by atoms with E-state index < -0.39 is 46.5 Å². The summed E-state index contributed by atoms with van der Waals surface area (Å²) in [5, 5.41) is 30.0. The highest BCUT2D eigenvalue weighted by Gasteiger charge is 2.54. The minimum atomic E-state index is -1.31. The van der Waals surface area contributed by atoms with E-state index in [1.165, 1.54) is 40.1 Å². The van der Waals surface area contributed by atoms with Crippen molar-refractivity contribution in [1.82, 2.24) is 40.7 Å². The fraction of sp³-hybridized carbons (Fsp3) is 0.240. The van der Waals surface area contributed by atoms with Crippen molar-refractivity contribution in [2.75, 3.05) is 17.2 Å². The second kappa shape index (κ2) is 13.0. The average Bonchev–Trinajstić information content (AvgIpc) is 3.68. The molecule has 2 aromatic rings. The van der Waals surface area contributed by atoms with Crippen molar-refractivity contribution in [3.05, 3.63) is 67.8 Å². The summed E-state index contributed by atoms with van der Waals surface area (Å²) >= 11 is 3.57. The number of oxime groups is 1. The third-order valence-electron chi connectivity index (χ3n) is 6.86. The van der Waals surface area contributed by atoms with E-state index in [9.17, 15) is 34.2 Å². The molecule has 6 heterocycles. The summed E-state index contributed by atoms with van der Waals surface area (Å²) in [4.78, 5) is 83.3. The maximum absolute atomic E-state index is 13.4. The number of carboxylic acid groups (broad SMARTS) is 1. The van der Waals surface area contributed by atoms with Crippen LogP contribution in [0.5, 0.6) is 5.75 Å². The number of hydrogen-bond acceptors (Lipinski definition) is 17. The maximum atomic E-state index is 13.4. The van der Waals surface area contributed by atoms with Crippen molar-refractivity contribution in [3.8, 4) is 5.75 Å². The molecule has 0 bridgehead atoms. The van der Waals surface area contributed by atoms with Gasteiger partial charge in [0.1, 0.15) is 22.8 Å². The molecule has 4 aliphatic rings. The number of aliphatic imine (C=N–C) groups is 1. The molecule has 0 spiro atoms. The first-order valence-electron chi connectivity index (χ1n) is 13.6. The van der Waals surface area contributed by atoms with Crippen LogP contribution in [0, 0.1) is 0 Å². The van der Waals surface area contributed by atoms with Crippen molar-refractivity contribution < 1.29 is 34.2 Å². The zero-order chi connectivity index (χ0) is 34.3. The molecule has 9 N–H and O–H groups in total. The van der Waals surface area contributed by atoms with Gasteiger partial charge in [-0.1, -0.05) is 5.16 Å². The standard InChI is InChI=1S/C25H24N12O8S3/c1-9-2-15(37-14(29-9)4-35(34-37)25(27)44)46-6-10-7-47-22-17(21(41)36(22)18(10)23(42)43)32-20(40)16(11-8-48-24(26)30-11)33-45-5-13-28-3-12(38)19(39)31-13/h2-4,8,17,22,34,38H,5-7H2,1H3,(H2,26,30)(H2,27,44)(H,32,40)(H,42,43)(H,28,31,39)/t17-,22-/m1/s1. The lowest BCUT2D eigenvalue weighted by molar-refractivity contribution is -0.150. The zero-order valence-electron chi connectivity index (χ0n) is 24.4. The summed E-state index contributed by atoms with van der Waals surface area (Å²) in [6.07, 6.45) is 4.20. The number of carbonyl (C=O) groups is 4. The number of hydrazine groups is 2. The van der Waals surface area contributed by atoms with Crippen LogP contribution in [-0.2, 0) is 25.8 Å². The number of aliphatic carboxylic acids is 1. The highest BCUT2D eigenvalue weighted by atomic mass is 32.2. The van der Waals surface area contributed by atoms with E-state index in [0.717, 1.165) is 27.4 Å². The van der Waals surface area contributed by atoms with Crippen LogP contribution in [-0.4, -0.2) is 98.2 Å². The van der Waals surface area contributed by atoms with Gasteiger partial charge in [0.2, 0.25) is 0 Å². The van der Waals surface area contributed by atoms with Crippen LogP contribution in [0.4, 0.5) is 9.93 Å². The first-order chi connectivity index (χ1) is 22.9. The largest absolute Gasteiger partial charge is 0.502 e. The fourth-order valence-corrected chi connectivity index (χ4v) is 7.80. The molecule has 0 aromatic carbocycles. The Morgan fingerprint density at radius 1 is 1.29 bits per heavy atom. The number of rotatable bonds is 10. The highest BCUT2D eigenvalue weighted by molar-refractivity contribution is 8.03. The number of H-pyrrole nitrogens is 1. The van der Waals surface area contributed by atoms with Crippen LogP contribution in [0.1, 0.15) is 18.4 Å². The molecule has 1 fully saturated rings. The molecule has 250 valence electrons. The second-order valence-electron chi connectivity index (χ2n) is 10.1. The molecule has 6 rings (SSSR count). The summed E-state index contributed by atoms with van der Waals surface area (Å²) in [5.74, 6) is -2.54. The van der Waals surface area contributed by atoms with Gasteiger partial charge in [0.25, 0.3) is 11.8 Å². The Balaban J connectivity index is 1.15. The summed E-state index contributed by atoms with van der Waals surface area (Å²) in [7, 11) is 0. The van der Waals surface area contributed by atoms with Gasteiger partial charge in [-0.15, -0.1) is 40.4 Å². The molecule has 20 nitrogen and oxygen atoms in total. The molecule has 2 atom stereocenters. The number of fused-ring (bicyclic) bond motifs is 2. The number of carbonyl (C=O) groups excluding carboxylic acids is 3. The predicted molar refractivity (Wildman–Crippen MR) is 172 cm³/mol. The number of hydrogen-bond donors (Lipinski definition) is 7. The Morgan fingerprint density at radius 2 is 2.08 bits per heavy atom. The van der Waals surface area contributed by atoms with Gasteiger partial charge in [-0.25, -0.2) is 29.6 Å². The summed E-state index contributed by atoms with van der Waals surface area (Å²) < 4.78 is 0. The number of aromatic nitrogens is 3. The molecule has 4 amide bonds. The molecule has 0 saturated carbocycles. The molecule has 23 heteroatoms. The van der Waals surface area contributed by atoms with Crippen LogP contribution in [0.25, 0.3) is 0 Å². The molecule has 0 aliphatic carbocycles. The third kappa shape index (κ3) is 6.29. The summed E-state index contributed by atoms with van der Waals surface area (Å²) in [6, 6.07) is -1.84. The smallest absolute Gasteiger partial charge is 0.352 e. The third-order valence-corrected chi connectivity index (χ3v) is 9.96. The van der Waals surface area contributed by atoms with E-state index in [1.54, 1.807) is 13.0 Å². The number of thiazole rings is 1. The minimum Gasteiger partial charge on any atom is -0.502 e. The Morgan fingerprint density at radius 3 is 2.77 bits per heavy atom. The second-order valence-corrected chi connectivity index (χ2v) is 13.1. The van der Waals surface area contributed by atoms with Crippen molar-refractivity contribution in [3.63, 3.8) is 0 Å². The van der Waals surface area contributed by atoms with Crippen LogP contribution in [0.3, 0.4) is 0 Å². The molecule has 0 unspecified atom stereocenters. The number of aromatic hydroxyl groups is 1. The van der Waals surface area contributed by atoms with Gasteiger partial charge in [-0.2, -0.15) is 4.98 Å². The predicted octanol–water partition coefficient (Wildman–Crippen LogP) is -0.862. The van der Waals surface area contributed by atoms with Gasteiger partial charge >= 0.3 is 17.6 Å². The van der Waals surface area contributed by atoms with Crippen molar-refractivity contribution in [1.29, 1.82) is 0 Å². The lowest BCUT2D eigenvalue weighted by Gasteiger charge is -2.49. The number of allylic oxidation sites excluding steroid dienone is 1. The first kappa shape index (κ1) is 32.5. The van der Waals surface area contributed by atoms with E-state index in [0.29, 0.717) is 22.1 Å². The molecule has 4 aliphatic heterocycles. The van der Waals surface area contributed by atoms with Gasteiger partial charge in [0.15, 0.2) is 34.8 Å². The van der Waals surface area contributed by atoms with Gasteiger partial charge in [-0.3, -0.25) is 19.3 Å². The van der Waals surface area contributed by atoms with Crippen LogP contribution < -0.4 is 27.9 Å². The topological polar surface area (TPSA) is 287 Å². The van der Waals surface area contributed by atoms with Crippen LogP contribution in [0.2, 0.25) is 0 Å². The number of nitrogens with one attached hydrogen (secondary N) is 3. The Bertz CT molecular complexity index is 1950. The number of β-lactam (4-membered cyclic amide) rings is 1. The number of primary amides is 1. The van der Waals surface area contributed by atoms with Crippen LogP contribution in [0.15, 0.2) is 60.9 Å². The van der Waals surface area contributed by atoms with E-state index in [2.05, 4.69) is 36.0 Å². The first-order valence-corrected chi connectivity index (χ1v) is 16.5. The number of anilines is 1. The molecule has 1 saturated heterocycles. The number of amides is 4. The lowest BCUT2D eigenvalue weighted by Crippen LogP contribution is -2.71. The number of thioether (sulfide) groups is 2. The number of aromatic amines is 1. The number of carboxylic acids is 1. The highest BCUT2D eigenvalue weighted by Crippen LogP contribution is 2.42. The summed E-state index contributed by atoms with van der Waals surface area (Å²) in [5.41, 5.74) is 13.7. The Labute approximate surface area is 281 Å². The molecule has 2 aromatic heterocycles. The van der Waals surface area contributed by atoms with E-state index in [-0.39, 0.29) is 46.2 Å². The maximum Gasteiger partial charge on any atom is 0.352 e. The van der Waals surface area contributed by atoms with Crippen molar-refractivity contribution in [2.24, 2.45) is 15.9 Å². The quantitative estimate of drug-likeness (QED) is 0.0894. The molecular formula is C25H24N12O8S3. The zero-order valence-corrected chi connectivity index (χ0v) is 26.9. The van der Waals surface area contributed by atoms with E-state index in [4.69, 9.17) is 16.3 Å². The fourth-order valence-electron chi connectivity index (χ4n) is 4.70. The monoisotopic (exact) mass is 716 g/mol. The van der Waals surface area contributed by atoms with E-state index in [1.807, 2.05) is 0 Å². The lowest BCUT2D eigenvalue weighted by atomic mass is 10.0. The molecule has 0 radical (unpaired) electrons. The minimum absolute atomic E-state index is 0.00810. The SMILES string of the molecule is CC1=NC2=CN(C(N)=O)NN2C(SCC2=C(C(=O)O)N3C(=O)[C@@H](NC(=O)C(=NOCc4nc(=O)c(O)c[nH]4)c4csc(N)n4)[C@H]3SC2)=C1.